The molecule has 0 aromatic carbocycles. The number of esters is 1. The molecular weight excluding hydrogens is 166 g/mol. The largest absolute Gasteiger partial charge is 0.466 e. The van der Waals surface area contributed by atoms with Crippen molar-refractivity contribution in [3.63, 3.8) is 0 Å². The van der Waals surface area contributed by atoms with Crippen molar-refractivity contribution >= 4 is 5.97 Å². The number of nitrogens with two attached hydrogens (primary N) is 1. The van der Waals surface area contributed by atoms with E-state index in [0.29, 0.717) is 18.9 Å². The van der Waals surface area contributed by atoms with Gasteiger partial charge in [0.1, 0.15) is 0 Å². The Hall–Kier alpha value is -0.570. The number of carbonyl (C=O) groups is 1. The molecule has 2 N–H and O–H groups in total. The van der Waals surface area contributed by atoms with E-state index < -0.39 is 0 Å². The van der Waals surface area contributed by atoms with Gasteiger partial charge in [-0.2, -0.15) is 0 Å². The Bertz CT molecular complexity index is 144. The number of hydrogen-bond acceptors (Lipinski definition) is 3. The summed E-state index contributed by atoms with van der Waals surface area (Å²) < 4.78 is 4.98. The highest BCUT2D eigenvalue weighted by Gasteiger charge is 2.05. The average Bonchev–Trinajstić information content (AvgIpc) is 1.96. The second-order valence-electron chi connectivity index (χ2n) is 3.94. The Labute approximate surface area is 80.6 Å². The second kappa shape index (κ2) is 6.89. The molecule has 0 radical (unpaired) electrons. The number of carbonyl (C=O) groups excluding carboxylic acids is 1. The van der Waals surface area contributed by atoms with Crippen LogP contribution in [0.3, 0.4) is 0 Å². The zero-order chi connectivity index (χ0) is 10.3. The van der Waals surface area contributed by atoms with Gasteiger partial charge in [0, 0.05) is 6.04 Å². The molecule has 0 bridgehead atoms. The molecule has 0 heterocycles. The van der Waals surface area contributed by atoms with E-state index in [1.54, 1.807) is 6.92 Å². The van der Waals surface area contributed by atoms with Crippen LogP contribution in [0.15, 0.2) is 0 Å². The quantitative estimate of drug-likeness (QED) is 0.508. The van der Waals surface area contributed by atoms with E-state index in [2.05, 4.69) is 13.8 Å². The summed E-state index contributed by atoms with van der Waals surface area (Å²) in [5.74, 6) is 0.492. The number of ether oxygens (including phenoxy) is 1. The highest BCUT2D eigenvalue weighted by Crippen LogP contribution is 2.03. The third kappa shape index (κ3) is 9.34. The maximum atomic E-state index is 11.0. The van der Waals surface area contributed by atoms with Crippen LogP contribution < -0.4 is 5.73 Å². The normalized spacial score (nSPS) is 13.0. The lowest BCUT2D eigenvalue weighted by molar-refractivity contribution is -0.144. The molecule has 0 aliphatic carbocycles. The lowest BCUT2D eigenvalue weighted by atomic mass is 10.1. The molecule has 0 rings (SSSR count). The van der Waals surface area contributed by atoms with Gasteiger partial charge in [-0.3, -0.25) is 4.79 Å². The predicted molar refractivity (Wildman–Crippen MR) is 53.3 cm³/mol. The molecule has 1 atom stereocenters. The van der Waals surface area contributed by atoms with Gasteiger partial charge in [-0.25, -0.2) is 0 Å². The molecule has 1 unspecified atom stereocenters. The first-order valence-electron chi connectivity index (χ1n) is 4.93. The molecule has 0 aliphatic rings. The fraction of sp³-hybridized carbons (Fsp3) is 0.900. The molecule has 0 aromatic heterocycles. The van der Waals surface area contributed by atoms with Gasteiger partial charge in [0.2, 0.25) is 0 Å². The highest BCUT2D eigenvalue weighted by atomic mass is 16.5. The number of hydrogen-bond donors (Lipinski definition) is 1. The molecule has 0 aromatic rings. The molecule has 0 amide bonds. The maximum Gasteiger partial charge on any atom is 0.307 e. The van der Waals surface area contributed by atoms with Crippen LogP contribution in [0.25, 0.3) is 0 Å². The summed E-state index contributed by atoms with van der Waals surface area (Å²) in [5, 5.41) is 0. The molecule has 0 saturated carbocycles. The van der Waals surface area contributed by atoms with Gasteiger partial charge in [0.15, 0.2) is 0 Å². The summed E-state index contributed by atoms with van der Waals surface area (Å²) in [6, 6.07) is -0.0994. The van der Waals surface area contributed by atoms with E-state index in [1.165, 1.54) is 0 Å². The topological polar surface area (TPSA) is 52.3 Å². The summed E-state index contributed by atoms with van der Waals surface area (Å²) in [5.41, 5.74) is 5.44. The van der Waals surface area contributed by atoms with Crippen molar-refractivity contribution in [2.24, 2.45) is 11.7 Å². The first kappa shape index (κ1) is 12.4. The molecular formula is C10H21NO2. The second-order valence-corrected chi connectivity index (χ2v) is 3.94. The van der Waals surface area contributed by atoms with E-state index in [9.17, 15) is 4.79 Å². The highest BCUT2D eigenvalue weighted by molar-refractivity contribution is 5.69. The molecule has 0 fully saturated rings. The Morgan fingerprint density at radius 3 is 2.46 bits per heavy atom. The van der Waals surface area contributed by atoms with Crippen molar-refractivity contribution in [2.75, 3.05) is 6.61 Å². The zero-order valence-electron chi connectivity index (χ0n) is 8.88. The summed E-state index contributed by atoms with van der Waals surface area (Å²) in [7, 11) is 0. The van der Waals surface area contributed by atoms with Crippen LogP contribution in [0, 0.1) is 5.92 Å². The number of rotatable bonds is 6. The Morgan fingerprint density at radius 2 is 2.00 bits per heavy atom. The smallest absolute Gasteiger partial charge is 0.307 e. The summed E-state index contributed by atoms with van der Waals surface area (Å²) in [4.78, 5) is 11.0. The first-order valence-corrected chi connectivity index (χ1v) is 4.93. The van der Waals surface area contributed by atoms with Crippen LogP contribution in [0.2, 0.25) is 0 Å². The fourth-order valence-corrected chi connectivity index (χ4v) is 0.999. The predicted octanol–water partition coefficient (Wildman–Crippen LogP) is 1.70. The van der Waals surface area contributed by atoms with Gasteiger partial charge in [0.25, 0.3) is 0 Å². The van der Waals surface area contributed by atoms with Crippen LogP contribution in [-0.4, -0.2) is 18.6 Å². The molecule has 0 aliphatic heterocycles. The van der Waals surface area contributed by atoms with Crippen LogP contribution in [0.4, 0.5) is 0 Å². The molecule has 0 spiro atoms. The summed E-state index contributed by atoms with van der Waals surface area (Å²) in [6.45, 7) is 6.65. The van der Waals surface area contributed by atoms with Crippen LogP contribution >= 0.6 is 0 Å². The molecule has 3 heteroatoms. The Morgan fingerprint density at radius 1 is 1.38 bits per heavy atom. The van der Waals surface area contributed by atoms with Crippen molar-refractivity contribution in [2.45, 2.75) is 46.1 Å². The minimum atomic E-state index is -0.182. The van der Waals surface area contributed by atoms with Crippen molar-refractivity contribution in [3.05, 3.63) is 0 Å². The van der Waals surface area contributed by atoms with Crippen molar-refractivity contribution in [1.29, 1.82) is 0 Å². The Balaban J connectivity index is 3.27. The van der Waals surface area contributed by atoms with Crippen LogP contribution in [-0.2, 0) is 9.53 Å². The van der Waals surface area contributed by atoms with Crippen LogP contribution in [0.1, 0.15) is 40.0 Å². The molecule has 13 heavy (non-hydrogen) atoms. The summed E-state index contributed by atoms with van der Waals surface area (Å²) in [6.07, 6.45) is 2.37. The zero-order valence-corrected chi connectivity index (χ0v) is 8.88. The van der Waals surface area contributed by atoms with Gasteiger partial charge in [-0.05, 0) is 25.7 Å². The first-order chi connectivity index (χ1) is 6.02. The van der Waals surface area contributed by atoms with E-state index in [-0.39, 0.29) is 12.0 Å². The lowest BCUT2D eigenvalue weighted by Gasteiger charge is -2.07. The van der Waals surface area contributed by atoms with E-state index >= 15 is 0 Å². The van der Waals surface area contributed by atoms with Crippen molar-refractivity contribution in [1.82, 2.24) is 0 Å². The fourth-order valence-electron chi connectivity index (χ4n) is 0.999. The van der Waals surface area contributed by atoms with Gasteiger partial charge >= 0.3 is 5.97 Å². The van der Waals surface area contributed by atoms with E-state index in [0.717, 1.165) is 12.8 Å². The third-order valence-electron chi connectivity index (χ3n) is 1.68. The van der Waals surface area contributed by atoms with Crippen molar-refractivity contribution in [3.8, 4) is 0 Å². The van der Waals surface area contributed by atoms with E-state index in [4.69, 9.17) is 10.5 Å². The Kier molecular flexibility index (Phi) is 6.59. The lowest BCUT2D eigenvalue weighted by Crippen LogP contribution is -2.21. The van der Waals surface area contributed by atoms with Crippen molar-refractivity contribution < 1.29 is 9.53 Å². The monoisotopic (exact) mass is 187 g/mol. The minimum Gasteiger partial charge on any atom is -0.466 e. The third-order valence-corrected chi connectivity index (χ3v) is 1.68. The van der Waals surface area contributed by atoms with Crippen LogP contribution in [0.5, 0.6) is 0 Å². The van der Waals surface area contributed by atoms with Gasteiger partial charge < -0.3 is 10.5 Å². The van der Waals surface area contributed by atoms with Gasteiger partial charge in [-0.1, -0.05) is 13.8 Å². The molecule has 3 nitrogen and oxygen atoms in total. The van der Waals surface area contributed by atoms with E-state index in [1.807, 2.05) is 0 Å². The minimum absolute atomic E-state index is 0.0994. The van der Waals surface area contributed by atoms with Gasteiger partial charge in [0.05, 0.1) is 13.0 Å². The molecule has 78 valence electrons. The van der Waals surface area contributed by atoms with Gasteiger partial charge in [-0.15, -0.1) is 0 Å². The standard InChI is InChI=1S/C10H21NO2/c1-8(2)5-4-6-13-10(12)7-9(3)11/h8-9H,4-7,11H2,1-3H3. The molecule has 0 saturated heterocycles. The SMILES string of the molecule is CC(C)CCCOC(=O)CC(C)N. The summed E-state index contributed by atoms with van der Waals surface area (Å²) >= 11 is 0. The maximum absolute atomic E-state index is 11.0. The average molecular weight is 187 g/mol.